The molecule has 1 heterocycles. The van der Waals surface area contributed by atoms with Crippen LogP contribution in [0, 0.1) is 0 Å². The summed E-state index contributed by atoms with van der Waals surface area (Å²) in [7, 11) is -4.02. The van der Waals surface area contributed by atoms with Crippen LogP contribution in [0.5, 0.6) is 0 Å². The number of nitrogens with zero attached hydrogens (tertiary/aromatic N) is 2. The Morgan fingerprint density at radius 2 is 1.72 bits per heavy atom. The third kappa shape index (κ3) is 5.61. The Hall–Kier alpha value is -2.57. The van der Waals surface area contributed by atoms with E-state index in [2.05, 4.69) is 10.4 Å². The average molecular weight is 483 g/mol. The fourth-order valence-electron chi connectivity index (χ4n) is 3.64. The second-order valence-electron chi connectivity index (χ2n) is 7.51. The Balaban J connectivity index is 1.63. The first-order valence-electron chi connectivity index (χ1n) is 9.58. The lowest BCUT2D eigenvalue weighted by Gasteiger charge is -2.29. The van der Waals surface area contributed by atoms with E-state index in [0.29, 0.717) is 10.7 Å². The maximum atomic E-state index is 12.9. The molecular formula is C19H19F6N3O3S. The molecule has 0 atom stereocenters. The number of amides is 1. The Labute approximate surface area is 179 Å². The molecule has 1 fully saturated rings. The predicted molar refractivity (Wildman–Crippen MR) is 100 cm³/mol. The quantitative estimate of drug-likeness (QED) is 0.653. The van der Waals surface area contributed by atoms with Gasteiger partial charge in [0.05, 0.1) is 15.7 Å². The van der Waals surface area contributed by atoms with Gasteiger partial charge < -0.3 is 5.32 Å². The van der Waals surface area contributed by atoms with E-state index >= 15 is 0 Å². The summed E-state index contributed by atoms with van der Waals surface area (Å²) < 4.78 is 103. The van der Waals surface area contributed by atoms with E-state index in [9.17, 15) is 39.6 Å². The van der Waals surface area contributed by atoms with E-state index < -0.39 is 56.4 Å². The molecule has 1 aliphatic carbocycles. The van der Waals surface area contributed by atoms with Gasteiger partial charge in [0.1, 0.15) is 12.2 Å². The third-order valence-electron chi connectivity index (χ3n) is 5.22. The number of rotatable bonds is 5. The van der Waals surface area contributed by atoms with Crippen LogP contribution in [0.2, 0.25) is 0 Å². The van der Waals surface area contributed by atoms with Crippen LogP contribution in [0.4, 0.5) is 26.3 Å². The molecule has 0 unspecified atom stereocenters. The van der Waals surface area contributed by atoms with Gasteiger partial charge in [-0.15, -0.1) is 0 Å². The molecule has 0 aliphatic heterocycles. The van der Waals surface area contributed by atoms with Crippen molar-refractivity contribution < 1.29 is 39.6 Å². The smallest absolute Gasteiger partial charge is 0.348 e. The maximum absolute atomic E-state index is 12.9. The summed E-state index contributed by atoms with van der Waals surface area (Å²) in [5.41, 5.74) is -1.34. The lowest BCUT2D eigenvalue weighted by atomic mass is 9.95. The minimum absolute atomic E-state index is 0.0886. The first-order valence-corrected chi connectivity index (χ1v) is 11.1. The molecule has 3 rings (SSSR count). The SMILES string of the molecule is O=C(NC1CCC(S(=O)(=O)c2cccc(C(F)(F)F)c2)CC1)c1ccnn1CC(F)(F)F. The lowest BCUT2D eigenvalue weighted by Crippen LogP contribution is -2.41. The molecule has 1 saturated carbocycles. The van der Waals surface area contributed by atoms with E-state index in [1.165, 1.54) is 0 Å². The molecule has 13 heteroatoms. The van der Waals surface area contributed by atoms with Crippen molar-refractivity contribution >= 4 is 15.7 Å². The van der Waals surface area contributed by atoms with E-state index in [1.54, 1.807) is 0 Å². The van der Waals surface area contributed by atoms with Crippen molar-refractivity contribution in [1.29, 1.82) is 0 Å². The van der Waals surface area contributed by atoms with Crippen LogP contribution >= 0.6 is 0 Å². The van der Waals surface area contributed by atoms with Crippen molar-refractivity contribution in [3.05, 3.63) is 47.8 Å². The zero-order valence-corrected chi connectivity index (χ0v) is 17.3. The van der Waals surface area contributed by atoms with Crippen LogP contribution in [0.15, 0.2) is 41.4 Å². The van der Waals surface area contributed by atoms with E-state index in [4.69, 9.17) is 0 Å². The van der Waals surface area contributed by atoms with Crippen molar-refractivity contribution in [2.24, 2.45) is 0 Å². The Bertz CT molecular complexity index is 1070. The van der Waals surface area contributed by atoms with Crippen molar-refractivity contribution in [3.63, 3.8) is 0 Å². The molecule has 176 valence electrons. The van der Waals surface area contributed by atoms with Gasteiger partial charge in [0.25, 0.3) is 5.91 Å². The molecule has 6 nitrogen and oxygen atoms in total. The maximum Gasteiger partial charge on any atom is 0.416 e. The van der Waals surface area contributed by atoms with Crippen LogP contribution in [-0.4, -0.2) is 41.6 Å². The highest BCUT2D eigenvalue weighted by atomic mass is 32.2. The molecule has 0 radical (unpaired) electrons. The molecule has 2 aromatic rings. The lowest BCUT2D eigenvalue weighted by molar-refractivity contribution is -0.142. The second kappa shape index (κ2) is 8.75. The highest BCUT2D eigenvalue weighted by molar-refractivity contribution is 7.92. The number of aromatic nitrogens is 2. The normalized spacial score (nSPS) is 20.2. The van der Waals surface area contributed by atoms with Crippen molar-refractivity contribution in [1.82, 2.24) is 15.1 Å². The van der Waals surface area contributed by atoms with Gasteiger partial charge in [-0.25, -0.2) is 8.42 Å². The summed E-state index contributed by atoms with van der Waals surface area (Å²) in [6.07, 6.45) is -7.57. The van der Waals surface area contributed by atoms with Gasteiger partial charge >= 0.3 is 12.4 Å². The molecule has 1 aromatic heterocycles. The Morgan fingerprint density at radius 3 is 2.31 bits per heavy atom. The van der Waals surface area contributed by atoms with Gasteiger partial charge in [0.2, 0.25) is 0 Å². The minimum Gasteiger partial charge on any atom is -0.348 e. The number of sulfone groups is 1. The zero-order chi connectivity index (χ0) is 23.7. The van der Waals surface area contributed by atoms with Crippen molar-refractivity contribution in [2.75, 3.05) is 0 Å². The molecule has 1 aliphatic rings. The van der Waals surface area contributed by atoms with Gasteiger partial charge in [0.15, 0.2) is 9.84 Å². The van der Waals surface area contributed by atoms with Gasteiger partial charge in [-0.3, -0.25) is 9.48 Å². The fraction of sp³-hybridized carbons (Fsp3) is 0.474. The van der Waals surface area contributed by atoms with Crippen molar-refractivity contribution in [3.8, 4) is 0 Å². The molecule has 1 amide bonds. The zero-order valence-electron chi connectivity index (χ0n) is 16.4. The standard InChI is InChI=1S/C19H19F6N3O3S/c20-18(21,22)11-28-16(8-9-26-28)17(29)27-13-4-6-14(7-5-13)32(30,31)15-3-1-2-12(10-15)19(23,24)25/h1-3,8-10,13-14H,4-7,11H2,(H,27,29). The number of hydrogen-bond acceptors (Lipinski definition) is 4. The van der Waals surface area contributed by atoms with Crippen LogP contribution in [0.25, 0.3) is 0 Å². The van der Waals surface area contributed by atoms with Crippen molar-refractivity contribution in [2.45, 2.75) is 60.8 Å². The molecular weight excluding hydrogens is 464 g/mol. The first kappa shape index (κ1) is 24.1. The highest BCUT2D eigenvalue weighted by Gasteiger charge is 2.36. The number of carbonyl (C=O) groups is 1. The summed E-state index contributed by atoms with van der Waals surface area (Å²) in [6, 6.07) is 4.20. The second-order valence-corrected chi connectivity index (χ2v) is 9.74. The van der Waals surface area contributed by atoms with Crippen LogP contribution < -0.4 is 5.32 Å². The number of halogens is 6. The summed E-state index contributed by atoms with van der Waals surface area (Å²) in [4.78, 5) is 11.9. The molecule has 32 heavy (non-hydrogen) atoms. The highest BCUT2D eigenvalue weighted by Crippen LogP contribution is 2.34. The van der Waals surface area contributed by atoms with Crippen LogP contribution in [0.3, 0.4) is 0 Å². The van der Waals surface area contributed by atoms with Crippen LogP contribution in [-0.2, 0) is 22.6 Å². The van der Waals surface area contributed by atoms with Gasteiger partial charge in [-0.05, 0) is 49.9 Å². The van der Waals surface area contributed by atoms with Crippen LogP contribution in [0.1, 0.15) is 41.7 Å². The molecule has 1 aromatic carbocycles. The van der Waals surface area contributed by atoms with Gasteiger partial charge in [-0.1, -0.05) is 6.07 Å². The molecule has 0 spiro atoms. The Morgan fingerprint density at radius 1 is 1.06 bits per heavy atom. The Kier molecular flexibility index (Phi) is 6.59. The average Bonchev–Trinajstić information content (AvgIpc) is 3.14. The predicted octanol–water partition coefficient (Wildman–Crippen LogP) is 3.98. The van der Waals surface area contributed by atoms with Gasteiger partial charge in [0, 0.05) is 12.2 Å². The summed E-state index contributed by atoms with van der Waals surface area (Å²) in [5.74, 6) is -0.768. The number of carbonyl (C=O) groups excluding carboxylic acids is 1. The molecule has 0 saturated heterocycles. The summed E-state index contributed by atoms with van der Waals surface area (Å²) in [6.45, 7) is -1.43. The summed E-state index contributed by atoms with van der Waals surface area (Å²) >= 11 is 0. The largest absolute Gasteiger partial charge is 0.416 e. The van der Waals surface area contributed by atoms with E-state index in [0.717, 1.165) is 30.5 Å². The summed E-state index contributed by atoms with van der Waals surface area (Å²) in [5, 5.41) is 5.15. The number of benzene rings is 1. The fourth-order valence-corrected chi connectivity index (χ4v) is 5.48. The number of nitrogens with one attached hydrogen (secondary N) is 1. The number of hydrogen-bond donors (Lipinski definition) is 1. The first-order chi connectivity index (χ1) is 14.8. The topological polar surface area (TPSA) is 81.1 Å². The van der Waals surface area contributed by atoms with E-state index in [-0.39, 0.29) is 31.4 Å². The monoisotopic (exact) mass is 483 g/mol. The van der Waals surface area contributed by atoms with E-state index in [1.807, 2.05) is 0 Å². The molecule has 1 N–H and O–H groups in total. The third-order valence-corrected chi connectivity index (χ3v) is 7.48. The molecule has 0 bridgehead atoms. The minimum atomic E-state index is -4.67. The number of alkyl halides is 6. The van der Waals surface area contributed by atoms with Gasteiger partial charge in [-0.2, -0.15) is 31.4 Å².